The SMILES string of the molecule is COC(=O)N1CCO[C@@H](Cc2c(-c3c(F)cc(N4CC=CC4=C=O)cc3F)nc3cc(C)ccn23)C1. The number of allylic oxidation sites excluding steroid dienone is 1. The van der Waals surface area contributed by atoms with Crippen LogP contribution in [0.25, 0.3) is 16.9 Å². The number of hydrogen-bond acceptors (Lipinski definition) is 6. The summed E-state index contributed by atoms with van der Waals surface area (Å²) >= 11 is 0. The lowest BCUT2D eigenvalue weighted by molar-refractivity contribution is -0.0241. The summed E-state index contributed by atoms with van der Waals surface area (Å²) in [5.41, 5.74) is 2.35. The van der Waals surface area contributed by atoms with E-state index in [1.54, 1.807) is 33.6 Å². The minimum Gasteiger partial charge on any atom is -0.453 e. The number of aryl methyl sites for hydroxylation is 1. The van der Waals surface area contributed by atoms with E-state index in [0.29, 0.717) is 31.0 Å². The predicted molar refractivity (Wildman–Crippen MR) is 128 cm³/mol. The molecule has 0 radical (unpaired) electrons. The van der Waals surface area contributed by atoms with Gasteiger partial charge in [-0.15, -0.1) is 0 Å². The van der Waals surface area contributed by atoms with E-state index in [1.807, 2.05) is 19.1 Å². The lowest BCUT2D eigenvalue weighted by Crippen LogP contribution is -2.46. The van der Waals surface area contributed by atoms with Crippen LogP contribution in [0.3, 0.4) is 0 Å². The topological polar surface area (TPSA) is 76.4 Å². The average molecular weight is 494 g/mol. The molecule has 1 fully saturated rings. The quantitative estimate of drug-likeness (QED) is 0.515. The van der Waals surface area contributed by atoms with Crippen molar-refractivity contribution in [3.8, 4) is 11.3 Å². The van der Waals surface area contributed by atoms with Crippen LogP contribution in [0.4, 0.5) is 19.3 Å². The summed E-state index contributed by atoms with van der Waals surface area (Å²) in [6.07, 6.45) is 4.47. The third kappa shape index (κ3) is 4.25. The van der Waals surface area contributed by atoms with Gasteiger partial charge in [-0.25, -0.2) is 23.4 Å². The van der Waals surface area contributed by atoms with Gasteiger partial charge in [-0.2, -0.15) is 0 Å². The van der Waals surface area contributed by atoms with Gasteiger partial charge >= 0.3 is 6.09 Å². The van der Waals surface area contributed by atoms with Crippen LogP contribution in [0.1, 0.15) is 11.3 Å². The van der Waals surface area contributed by atoms with Gasteiger partial charge in [0.15, 0.2) is 5.94 Å². The van der Waals surface area contributed by atoms with Gasteiger partial charge in [-0.3, -0.25) is 0 Å². The maximum Gasteiger partial charge on any atom is 0.409 e. The van der Waals surface area contributed by atoms with Gasteiger partial charge < -0.3 is 23.7 Å². The normalized spacial score (nSPS) is 17.7. The molecule has 0 spiro atoms. The zero-order chi connectivity index (χ0) is 25.4. The number of carbonyl (C=O) groups is 1. The Balaban J connectivity index is 1.57. The summed E-state index contributed by atoms with van der Waals surface area (Å²) in [5, 5.41) is 0. The summed E-state index contributed by atoms with van der Waals surface area (Å²) in [4.78, 5) is 30.8. The predicted octanol–water partition coefficient (Wildman–Crippen LogP) is 3.69. The molecule has 186 valence electrons. The molecule has 0 saturated carbocycles. The van der Waals surface area contributed by atoms with Crippen molar-refractivity contribution in [3.63, 3.8) is 0 Å². The molecule has 2 aromatic heterocycles. The fourth-order valence-corrected chi connectivity index (χ4v) is 4.68. The van der Waals surface area contributed by atoms with Crippen LogP contribution in [-0.4, -0.2) is 65.8 Å². The van der Waals surface area contributed by atoms with Crippen molar-refractivity contribution < 1.29 is 27.8 Å². The molecule has 36 heavy (non-hydrogen) atoms. The standard InChI is InChI=1S/C26H24F2N4O4/c1-16-5-7-32-22(13-19-14-30(8-9-36-19)26(34)35-2)25(29-23(32)10-16)24-20(27)11-18(12-21(24)28)31-6-3-4-17(31)15-33/h3-5,7,10-12,19H,6,8-9,13-14H2,1-2H3/t19-/m0/s1. The maximum atomic E-state index is 15.5. The Kier molecular flexibility index (Phi) is 6.30. The van der Waals surface area contributed by atoms with Crippen molar-refractivity contribution in [3.05, 3.63) is 71.2 Å². The smallest absolute Gasteiger partial charge is 0.409 e. The fourth-order valence-electron chi connectivity index (χ4n) is 4.68. The lowest BCUT2D eigenvalue weighted by atomic mass is 10.0. The number of morpholine rings is 1. The van der Waals surface area contributed by atoms with Crippen LogP contribution >= 0.6 is 0 Å². The molecule has 8 nitrogen and oxygen atoms in total. The van der Waals surface area contributed by atoms with Crippen LogP contribution in [0.2, 0.25) is 0 Å². The third-order valence-electron chi connectivity index (χ3n) is 6.41. The molecule has 1 aromatic carbocycles. The van der Waals surface area contributed by atoms with Gasteiger partial charge in [0.1, 0.15) is 23.0 Å². The molecule has 3 aromatic rings. The zero-order valence-electron chi connectivity index (χ0n) is 19.8. The van der Waals surface area contributed by atoms with Crippen LogP contribution in [0, 0.1) is 18.6 Å². The highest BCUT2D eigenvalue weighted by Crippen LogP contribution is 2.35. The number of pyridine rings is 1. The van der Waals surface area contributed by atoms with Crippen molar-refractivity contribution in [2.45, 2.75) is 19.4 Å². The average Bonchev–Trinajstić information content (AvgIpc) is 3.48. The first kappa shape index (κ1) is 23.7. The van der Waals surface area contributed by atoms with Crippen LogP contribution in [-0.2, 0) is 20.7 Å². The van der Waals surface area contributed by atoms with E-state index in [9.17, 15) is 9.59 Å². The first-order valence-electron chi connectivity index (χ1n) is 11.5. The first-order chi connectivity index (χ1) is 17.4. The van der Waals surface area contributed by atoms with E-state index in [4.69, 9.17) is 9.47 Å². The van der Waals surface area contributed by atoms with E-state index in [0.717, 1.165) is 5.56 Å². The Labute approximate surface area is 206 Å². The molecule has 0 bridgehead atoms. The summed E-state index contributed by atoms with van der Waals surface area (Å²) in [5.74, 6) is 0.182. The number of benzene rings is 1. The monoisotopic (exact) mass is 494 g/mol. The number of fused-ring (bicyclic) bond motifs is 1. The van der Waals surface area contributed by atoms with Crippen LogP contribution < -0.4 is 4.90 Å². The molecule has 1 atom stereocenters. The second-order valence-electron chi connectivity index (χ2n) is 8.74. The number of halogens is 2. The third-order valence-corrected chi connectivity index (χ3v) is 6.41. The first-order valence-corrected chi connectivity index (χ1v) is 11.5. The van der Waals surface area contributed by atoms with E-state index in [-0.39, 0.29) is 35.6 Å². The second kappa shape index (κ2) is 9.56. The molecule has 0 aliphatic carbocycles. The van der Waals surface area contributed by atoms with E-state index < -0.39 is 23.8 Å². The number of aromatic nitrogens is 2. The second-order valence-corrected chi connectivity index (χ2v) is 8.74. The minimum atomic E-state index is -0.802. The maximum absolute atomic E-state index is 15.5. The van der Waals surface area contributed by atoms with Crippen LogP contribution in [0.5, 0.6) is 0 Å². The van der Waals surface area contributed by atoms with Gasteiger partial charge in [0.2, 0.25) is 0 Å². The van der Waals surface area contributed by atoms with Crippen molar-refractivity contribution >= 4 is 23.4 Å². The highest BCUT2D eigenvalue weighted by Gasteiger charge is 2.29. The number of hydrogen-bond donors (Lipinski definition) is 0. The van der Waals surface area contributed by atoms with Gasteiger partial charge in [-0.05, 0) is 42.8 Å². The molecular weight excluding hydrogens is 470 g/mol. The summed E-state index contributed by atoms with van der Waals surface area (Å²) < 4.78 is 43.5. The minimum absolute atomic E-state index is 0.159. The number of methoxy groups -OCH3 is 1. The van der Waals surface area contributed by atoms with Crippen molar-refractivity contribution in [2.24, 2.45) is 0 Å². The number of anilines is 1. The van der Waals surface area contributed by atoms with Gasteiger partial charge in [-0.1, -0.05) is 6.08 Å². The Bertz CT molecular complexity index is 1400. The number of rotatable bonds is 4. The van der Waals surface area contributed by atoms with Crippen molar-refractivity contribution in [1.82, 2.24) is 14.3 Å². The molecule has 2 aliphatic heterocycles. The summed E-state index contributed by atoms with van der Waals surface area (Å²) in [6, 6.07) is 6.10. The lowest BCUT2D eigenvalue weighted by Gasteiger charge is -2.32. The van der Waals surface area contributed by atoms with Gasteiger partial charge in [0.05, 0.1) is 43.3 Å². The van der Waals surface area contributed by atoms with Gasteiger partial charge in [0.25, 0.3) is 0 Å². The summed E-state index contributed by atoms with van der Waals surface area (Å²) in [7, 11) is 1.32. The zero-order valence-corrected chi connectivity index (χ0v) is 19.8. The molecule has 2 aliphatic rings. The molecular formula is C26H24F2N4O4. The van der Waals surface area contributed by atoms with E-state index in [2.05, 4.69) is 4.98 Å². The molecule has 1 saturated heterocycles. The Morgan fingerprint density at radius 2 is 2.06 bits per heavy atom. The van der Waals surface area contributed by atoms with Crippen LogP contribution in [0.15, 0.2) is 48.3 Å². The molecule has 5 rings (SSSR count). The fraction of sp³-hybridized carbons (Fsp3) is 0.308. The highest BCUT2D eigenvalue weighted by molar-refractivity contribution is 5.75. The number of carbonyl (C=O) groups excluding carboxylic acids is 2. The van der Waals surface area contributed by atoms with E-state index >= 15 is 8.78 Å². The molecule has 0 N–H and O–H groups in total. The van der Waals surface area contributed by atoms with Gasteiger partial charge in [0, 0.05) is 31.4 Å². The summed E-state index contributed by atoms with van der Waals surface area (Å²) in [6.45, 7) is 3.22. The number of amides is 1. The van der Waals surface area contributed by atoms with Crippen molar-refractivity contribution in [2.75, 3.05) is 38.3 Å². The Morgan fingerprint density at radius 1 is 1.28 bits per heavy atom. The largest absolute Gasteiger partial charge is 0.453 e. The van der Waals surface area contributed by atoms with Crippen molar-refractivity contribution in [1.29, 1.82) is 0 Å². The molecule has 4 heterocycles. The molecule has 1 amide bonds. The molecule has 0 unspecified atom stereocenters. The molecule has 10 heteroatoms. The number of ether oxygens (including phenoxy) is 2. The Morgan fingerprint density at radius 3 is 2.78 bits per heavy atom. The van der Waals surface area contributed by atoms with E-state index in [1.165, 1.54) is 24.1 Å². The number of imidazole rings is 1. The Hall–Kier alpha value is -4.01. The number of nitrogens with zero attached hydrogens (tertiary/aromatic N) is 4. The highest BCUT2D eigenvalue weighted by atomic mass is 19.1.